The van der Waals surface area contributed by atoms with E-state index in [4.69, 9.17) is 9.84 Å². The third-order valence-corrected chi connectivity index (χ3v) is 3.61. The Morgan fingerprint density at radius 3 is 2.68 bits per heavy atom. The summed E-state index contributed by atoms with van der Waals surface area (Å²) < 4.78 is 5.74. The van der Waals surface area contributed by atoms with Gasteiger partial charge in [0, 0.05) is 0 Å². The van der Waals surface area contributed by atoms with Gasteiger partial charge in [-0.1, -0.05) is 42.5 Å². The van der Waals surface area contributed by atoms with Crippen molar-refractivity contribution < 1.29 is 9.84 Å². The van der Waals surface area contributed by atoms with E-state index in [-0.39, 0.29) is 12.7 Å². The summed E-state index contributed by atoms with van der Waals surface area (Å²) in [4.78, 5) is 0. The van der Waals surface area contributed by atoms with Crippen molar-refractivity contribution in [1.82, 2.24) is 0 Å². The summed E-state index contributed by atoms with van der Waals surface area (Å²) in [5.74, 6) is 0.933. The quantitative estimate of drug-likeness (QED) is 0.912. The molecule has 1 heterocycles. The highest BCUT2D eigenvalue weighted by Crippen LogP contribution is 2.29. The maximum Gasteiger partial charge on any atom is 0.123 e. The number of aliphatic hydroxyl groups excluding tert-OH is 1. The molecule has 0 amide bonds. The second-order valence-electron chi connectivity index (χ2n) is 5.07. The fourth-order valence-electron chi connectivity index (χ4n) is 2.57. The summed E-state index contributed by atoms with van der Waals surface area (Å²) >= 11 is 0. The summed E-state index contributed by atoms with van der Waals surface area (Å²) in [5, 5.41) is 9.14. The molecule has 1 aliphatic heterocycles. The van der Waals surface area contributed by atoms with Crippen LogP contribution < -0.4 is 4.74 Å². The number of fused-ring (bicyclic) bond motifs is 1. The van der Waals surface area contributed by atoms with E-state index in [0.29, 0.717) is 0 Å². The smallest absolute Gasteiger partial charge is 0.123 e. The molecule has 1 aliphatic rings. The summed E-state index contributed by atoms with van der Waals surface area (Å²) in [7, 11) is 0. The predicted octanol–water partition coefficient (Wildman–Crippen LogP) is 2.96. The van der Waals surface area contributed by atoms with Crippen LogP contribution in [-0.2, 0) is 12.8 Å². The molecule has 19 heavy (non-hydrogen) atoms. The van der Waals surface area contributed by atoms with Crippen molar-refractivity contribution in [2.75, 3.05) is 6.61 Å². The van der Waals surface area contributed by atoms with Gasteiger partial charge in [0.1, 0.15) is 11.9 Å². The molecule has 0 radical (unpaired) electrons. The Hall–Kier alpha value is -1.80. The third-order valence-electron chi connectivity index (χ3n) is 3.61. The predicted molar refractivity (Wildman–Crippen MR) is 75.5 cm³/mol. The number of hydrogen-bond acceptors (Lipinski definition) is 2. The summed E-state index contributed by atoms with van der Waals surface area (Å²) in [5.41, 5.74) is 3.90. The summed E-state index contributed by atoms with van der Waals surface area (Å²) in [6.07, 6.45) is 2.81. The second kappa shape index (κ2) is 5.45. The molecule has 1 unspecified atom stereocenters. The molecule has 0 saturated heterocycles. The molecule has 0 spiro atoms. The Morgan fingerprint density at radius 1 is 1.05 bits per heavy atom. The minimum absolute atomic E-state index is 0.0347. The van der Waals surface area contributed by atoms with Crippen molar-refractivity contribution in [3.63, 3.8) is 0 Å². The average Bonchev–Trinajstić information content (AvgIpc) is 2.48. The molecule has 0 saturated carbocycles. The van der Waals surface area contributed by atoms with E-state index in [1.807, 2.05) is 12.1 Å². The van der Waals surface area contributed by atoms with Crippen molar-refractivity contribution in [3.05, 3.63) is 65.2 Å². The van der Waals surface area contributed by atoms with Crippen LogP contribution in [0.1, 0.15) is 23.1 Å². The molecule has 1 atom stereocenters. The molecule has 3 rings (SSSR count). The molecule has 0 bridgehead atoms. The molecule has 2 aromatic carbocycles. The van der Waals surface area contributed by atoms with Crippen LogP contribution in [0.5, 0.6) is 5.75 Å². The number of ether oxygens (including phenoxy) is 1. The first kappa shape index (κ1) is 12.2. The molecule has 2 heteroatoms. The SMILES string of the molecule is OCC1CCc2cc(Cc3ccccc3)ccc2O1. The minimum atomic E-state index is -0.0347. The summed E-state index contributed by atoms with van der Waals surface area (Å²) in [6, 6.07) is 16.9. The van der Waals surface area contributed by atoms with Crippen LogP contribution in [0.3, 0.4) is 0 Å². The minimum Gasteiger partial charge on any atom is -0.488 e. The van der Waals surface area contributed by atoms with E-state index in [0.717, 1.165) is 25.0 Å². The van der Waals surface area contributed by atoms with Crippen molar-refractivity contribution in [1.29, 1.82) is 0 Å². The molecule has 98 valence electrons. The van der Waals surface area contributed by atoms with Crippen LogP contribution in [0.25, 0.3) is 0 Å². The van der Waals surface area contributed by atoms with Crippen LogP contribution in [-0.4, -0.2) is 17.8 Å². The molecule has 0 aliphatic carbocycles. The van der Waals surface area contributed by atoms with E-state index >= 15 is 0 Å². The number of hydrogen-bond donors (Lipinski definition) is 1. The van der Waals surface area contributed by atoms with Gasteiger partial charge in [-0.15, -0.1) is 0 Å². The fraction of sp³-hybridized carbons (Fsp3) is 0.294. The van der Waals surface area contributed by atoms with Gasteiger partial charge in [-0.05, 0) is 42.0 Å². The van der Waals surface area contributed by atoms with E-state index in [9.17, 15) is 0 Å². The topological polar surface area (TPSA) is 29.5 Å². The van der Waals surface area contributed by atoms with Crippen LogP contribution in [0, 0.1) is 0 Å². The summed E-state index contributed by atoms with van der Waals surface area (Å²) in [6.45, 7) is 0.102. The van der Waals surface area contributed by atoms with Gasteiger partial charge >= 0.3 is 0 Å². The van der Waals surface area contributed by atoms with Crippen LogP contribution in [0.4, 0.5) is 0 Å². The van der Waals surface area contributed by atoms with Gasteiger partial charge in [0.05, 0.1) is 6.61 Å². The molecular weight excluding hydrogens is 236 g/mol. The Kier molecular flexibility index (Phi) is 3.51. The molecule has 2 nitrogen and oxygen atoms in total. The first-order valence-electron chi connectivity index (χ1n) is 6.78. The lowest BCUT2D eigenvalue weighted by atomic mass is 9.97. The number of aryl methyl sites for hydroxylation is 1. The van der Waals surface area contributed by atoms with Gasteiger partial charge in [-0.25, -0.2) is 0 Å². The lowest BCUT2D eigenvalue weighted by molar-refractivity contribution is 0.0978. The normalized spacial score (nSPS) is 17.6. The largest absolute Gasteiger partial charge is 0.488 e. The molecular formula is C17H18O2. The Balaban J connectivity index is 1.79. The van der Waals surface area contributed by atoms with Crippen LogP contribution >= 0.6 is 0 Å². The highest BCUT2D eigenvalue weighted by Gasteiger charge is 2.18. The molecule has 2 aromatic rings. The zero-order valence-electron chi connectivity index (χ0n) is 10.9. The van der Waals surface area contributed by atoms with Crippen molar-refractivity contribution in [2.24, 2.45) is 0 Å². The zero-order chi connectivity index (χ0) is 13.1. The molecule has 0 fully saturated rings. The van der Waals surface area contributed by atoms with E-state index in [1.54, 1.807) is 0 Å². The molecule has 1 N–H and O–H groups in total. The first-order chi connectivity index (χ1) is 9.35. The maximum absolute atomic E-state index is 9.14. The lowest BCUT2D eigenvalue weighted by Crippen LogP contribution is -2.26. The van der Waals surface area contributed by atoms with Gasteiger partial charge in [0.25, 0.3) is 0 Å². The number of rotatable bonds is 3. The van der Waals surface area contributed by atoms with E-state index in [2.05, 4.69) is 36.4 Å². The highest BCUT2D eigenvalue weighted by atomic mass is 16.5. The average molecular weight is 254 g/mol. The van der Waals surface area contributed by atoms with Crippen molar-refractivity contribution in [3.8, 4) is 5.75 Å². The Morgan fingerprint density at radius 2 is 1.89 bits per heavy atom. The number of aliphatic hydroxyl groups is 1. The van der Waals surface area contributed by atoms with Crippen LogP contribution in [0.2, 0.25) is 0 Å². The van der Waals surface area contributed by atoms with Gasteiger partial charge in [0.2, 0.25) is 0 Å². The van der Waals surface area contributed by atoms with E-state index in [1.165, 1.54) is 16.7 Å². The van der Waals surface area contributed by atoms with Crippen LogP contribution in [0.15, 0.2) is 48.5 Å². The zero-order valence-corrected chi connectivity index (χ0v) is 10.9. The maximum atomic E-state index is 9.14. The lowest BCUT2D eigenvalue weighted by Gasteiger charge is -2.25. The standard InChI is InChI=1S/C17H18O2/c18-12-16-8-7-15-11-14(6-9-17(15)19-16)10-13-4-2-1-3-5-13/h1-6,9,11,16,18H,7-8,10,12H2. The van der Waals surface area contributed by atoms with E-state index < -0.39 is 0 Å². The van der Waals surface area contributed by atoms with Gasteiger partial charge < -0.3 is 9.84 Å². The third kappa shape index (κ3) is 2.79. The molecule has 0 aromatic heterocycles. The fourth-order valence-corrected chi connectivity index (χ4v) is 2.57. The highest BCUT2D eigenvalue weighted by molar-refractivity contribution is 5.40. The van der Waals surface area contributed by atoms with Gasteiger partial charge in [-0.2, -0.15) is 0 Å². The Bertz CT molecular complexity index is 548. The monoisotopic (exact) mass is 254 g/mol. The second-order valence-corrected chi connectivity index (χ2v) is 5.07. The Labute approximate surface area is 113 Å². The number of benzene rings is 2. The van der Waals surface area contributed by atoms with Gasteiger partial charge in [-0.3, -0.25) is 0 Å². The van der Waals surface area contributed by atoms with Crippen molar-refractivity contribution in [2.45, 2.75) is 25.4 Å². The van der Waals surface area contributed by atoms with Crippen molar-refractivity contribution >= 4 is 0 Å². The van der Waals surface area contributed by atoms with Gasteiger partial charge in [0.15, 0.2) is 0 Å². The first-order valence-corrected chi connectivity index (χ1v) is 6.78.